The van der Waals surface area contributed by atoms with Crippen molar-refractivity contribution in [3.8, 4) is 23.0 Å². The second-order valence-electron chi connectivity index (χ2n) is 11.0. The highest BCUT2D eigenvalue weighted by Gasteiger charge is 2.35. The molecule has 1 atom stereocenters. The molecule has 5 aromatic rings. The van der Waals surface area contributed by atoms with E-state index in [1.54, 1.807) is 43.9 Å². The van der Waals surface area contributed by atoms with Gasteiger partial charge in [0.05, 0.1) is 53.4 Å². The van der Waals surface area contributed by atoms with Crippen molar-refractivity contribution in [1.82, 2.24) is 4.57 Å². The maximum atomic E-state index is 14.4. The van der Waals surface area contributed by atoms with Crippen LogP contribution in [0.5, 0.6) is 23.0 Å². The number of nitrogens with zero attached hydrogens (tertiary/aromatic N) is 2. The van der Waals surface area contributed by atoms with Crippen molar-refractivity contribution in [2.24, 2.45) is 4.99 Å². The summed E-state index contributed by atoms with van der Waals surface area (Å²) in [6, 6.07) is 25.0. The van der Waals surface area contributed by atoms with E-state index in [-0.39, 0.29) is 17.7 Å². The summed E-state index contributed by atoms with van der Waals surface area (Å²) in [5.74, 6) is 1.50. The van der Waals surface area contributed by atoms with Gasteiger partial charge >= 0.3 is 5.97 Å². The second-order valence-corrected chi connectivity index (χ2v) is 13.6. The standard InChI is InChI=1S/C38H32ClIN2O7S/c1-5-48-37(44)32-33(24-9-7-6-8-10-24)41-38-42(34(32)25-13-16-28(45-2)29(20-25)46-3)36(43)31(50-38)19-23-17-27(40)35(30(18-23)47-4)49-21-22-11-14-26(39)15-12-22/h6-20,34H,5,21H2,1-4H3/b31-19-/t34-/m0/s1. The number of rotatable bonds is 11. The third kappa shape index (κ3) is 7.16. The van der Waals surface area contributed by atoms with Crippen molar-refractivity contribution >= 4 is 63.3 Å². The molecule has 9 nitrogen and oxygen atoms in total. The van der Waals surface area contributed by atoms with Crippen LogP contribution in [0.3, 0.4) is 0 Å². The van der Waals surface area contributed by atoms with Crippen molar-refractivity contribution in [3.63, 3.8) is 0 Å². The lowest BCUT2D eigenvalue weighted by Crippen LogP contribution is -2.40. The smallest absolute Gasteiger partial charge is 0.338 e. The predicted octanol–water partition coefficient (Wildman–Crippen LogP) is 6.80. The fourth-order valence-electron chi connectivity index (χ4n) is 5.63. The van der Waals surface area contributed by atoms with E-state index in [1.165, 1.54) is 18.4 Å². The summed E-state index contributed by atoms with van der Waals surface area (Å²) >= 11 is 9.46. The number of benzene rings is 4. The van der Waals surface area contributed by atoms with Gasteiger partial charge in [0.25, 0.3) is 5.56 Å². The molecule has 256 valence electrons. The minimum Gasteiger partial charge on any atom is -0.493 e. The van der Waals surface area contributed by atoms with Crippen molar-refractivity contribution in [3.05, 3.63) is 141 Å². The highest BCUT2D eigenvalue weighted by atomic mass is 127. The molecule has 12 heteroatoms. The van der Waals surface area contributed by atoms with Gasteiger partial charge in [0, 0.05) is 10.6 Å². The molecule has 2 heterocycles. The second kappa shape index (κ2) is 15.5. The van der Waals surface area contributed by atoms with Crippen molar-refractivity contribution in [2.75, 3.05) is 27.9 Å². The lowest BCUT2D eigenvalue weighted by Gasteiger charge is -2.26. The Balaban J connectivity index is 1.51. The fourth-order valence-corrected chi connectivity index (χ4v) is 7.54. The van der Waals surface area contributed by atoms with Crippen molar-refractivity contribution in [1.29, 1.82) is 0 Å². The molecule has 0 N–H and O–H groups in total. The molecule has 0 unspecified atom stereocenters. The number of thiazole rings is 1. The first-order chi connectivity index (χ1) is 24.3. The number of halogens is 2. The van der Waals surface area contributed by atoms with Crippen LogP contribution in [0.25, 0.3) is 11.8 Å². The van der Waals surface area contributed by atoms with E-state index in [4.69, 9.17) is 40.3 Å². The molecule has 0 amide bonds. The molecule has 0 spiro atoms. The molecule has 0 aliphatic carbocycles. The largest absolute Gasteiger partial charge is 0.493 e. The Hall–Kier alpha value is -4.59. The maximum absolute atomic E-state index is 14.4. The normalized spacial score (nSPS) is 14.1. The van der Waals surface area contributed by atoms with Crippen LogP contribution in [-0.4, -0.2) is 38.5 Å². The first-order valence-electron chi connectivity index (χ1n) is 15.5. The van der Waals surface area contributed by atoms with Crippen LogP contribution in [0.4, 0.5) is 0 Å². The topological polar surface area (TPSA) is 97.6 Å². The Kier molecular flexibility index (Phi) is 10.9. The Morgan fingerprint density at radius 2 is 1.66 bits per heavy atom. The molecule has 0 radical (unpaired) electrons. The summed E-state index contributed by atoms with van der Waals surface area (Å²) in [5, 5.41) is 0.652. The monoisotopic (exact) mass is 822 g/mol. The van der Waals surface area contributed by atoms with Gasteiger partial charge in [0.1, 0.15) is 6.61 Å². The van der Waals surface area contributed by atoms with Crippen LogP contribution < -0.4 is 33.8 Å². The quantitative estimate of drug-likeness (QED) is 0.107. The lowest BCUT2D eigenvalue weighted by molar-refractivity contribution is -0.138. The highest BCUT2D eigenvalue weighted by molar-refractivity contribution is 14.1. The van der Waals surface area contributed by atoms with Gasteiger partial charge in [0.2, 0.25) is 0 Å². The Labute approximate surface area is 311 Å². The van der Waals surface area contributed by atoms with Gasteiger partial charge in [0.15, 0.2) is 27.8 Å². The molecular formula is C38H32ClIN2O7S. The number of fused-ring (bicyclic) bond motifs is 1. The first-order valence-corrected chi connectivity index (χ1v) is 17.8. The van der Waals surface area contributed by atoms with Crippen LogP contribution in [0.15, 0.2) is 100 Å². The SMILES string of the molecule is CCOC(=O)C1=C(c2ccccc2)N=c2s/c(=C\c3cc(I)c(OCc4ccc(Cl)cc4)c(OC)c3)c(=O)n2[C@H]1c1ccc(OC)c(OC)c1. The Morgan fingerprint density at radius 3 is 2.34 bits per heavy atom. The van der Waals surface area contributed by atoms with Crippen molar-refractivity contribution in [2.45, 2.75) is 19.6 Å². The van der Waals surface area contributed by atoms with E-state index in [1.807, 2.05) is 72.8 Å². The summed E-state index contributed by atoms with van der Waals surface area (Å²) in [5.41, 5.74) is 3.37. The van der Waals surface area contributed by atoms with Crippen LogP contribution in [0.2, 0.25) is 5.02 Å². The number of ether oxygens (including phenoxy) is 5. The average Bonchev–Trinajstić information content (AvgIpc) is 3.44. The van der Waals surface area contributed by atoms with E-state index >= 15 is 0 Å². The zero-order valence-electron chi connectivity index (χ0n) is 27.6. The van der Waals surface area contributed by atoms with Crippen molar-refractivity contribution < 1.29 is 28.5 Å². The maximum Gasteiger partial charge on any atom is 0.338 e. The number of hydrogen-bond acceptors (Lipinski definition) is 9. The minimum atomic E-state index is -0.874. The fraction of sp³-hybridized carbons (Fsp3) is 0.184. The average molecular weight is 823 g/mol. The predicted molar refractivity (Wildman–Crippen MR) is 202 cm³/mol. The summed E-state index contributed by atoms with van der Waals surface area (Å²) in [7, 11) is 4.66. The molecular weight excluding hydrogens is 791 g/mol. The molecule has 1 aromatic heterocycles. The van der Waals surface area contributed by atoms with E-state index in [9.17, 15) is 9.59 Å². The number of methoxy groups -OCH3 is 3. The van der Waals surface area contributed by atoms with Gasteiger partial charge in [-0.1, -0.05) is 71.5 Å². The molecule has 0 saturated heterocycles. The Morgan fingerprint density at radius 1 is 0.940 bits per heavy atom. The summed E-state index contributed by atoms with van der Waals surface area (Å²) in [6.45, 7) is 2.21. The summed E-state index contributed by atoms with van der Waals surface area (Å²) in [4.78, 5) is 33.6. The number of esters is 1. The van der Waals surface area contributed by atoms with E-state index < -0.39 is 12.0 Å². The van der Waals surface area contributed by atoms with Gasteiger partial charge in [-0.2, -0.15) is 0 Å². The van der Waals surface area contributed by atoms with Gasteiger partial charge in [-0.05, 0) is 88.7 Å². The van der Waals surface area contributed by atoms with E-state index in [2.05, 4.69) is 22.6 Å². The number of carbonyl (C=O) groups excluding carboxylic acids is 1. The van der Waals surface area contributed by atoms with Crippen LogP contribution >= 0.6 is 45.5 Å². The zero-order chi connectivity index (χ0) is 35.4. The van der Waals surface area contributed by atoms with Crippen LogP contribution in [0, 0.1) is 3.57 Å². The Bertz CT molecular complexity index is 2270. The van der Waals surface area contributed by atoms with E-state index in [0.717, 1.165) is 14.7 Å². The highest BCUT2D eigenvalue weighted by Crippen LogP contribution is 2.39. The lowest BCUT2D eigenvalue weighted by atomic mass is 9.93. The number of aromatic nitrogens is 1. The summed E-state index contributed by atoms with van der Waals surface area (Å²) < 4.78 is 31.3. The molecule has 0 fully saturated rings. The molecule has 50 heavy (non-hydrogen) atoms. The summed E-state index contributed by atoms with van der Waals surface area (Å²) in [6.07, 6.45) is 1.79. The third-order valence-corrected chi connectivity index (χ3v) is 9.98. The number of hydrogen-bond donors (Lipinski definition) is 0. The molecule has 0 saturated carbocycles. The van der Waals surface area contributed by atoms with Gasteiger partial charge in [-0.25, -0.2) is 9.79 Å². The van der Waals surface area contributed by atoms with Gasteiger partial charge in [-0.3, -0.25) is 9.36 Å². The molecule has 1 aliphatic heterocycles. The molecule has 1 aliphatic rings. The van der Waals surface area contributed by atoms with Crippen LogP contribution in [-0.2, 0) is 16.1 Å². The zero-order valence-corrected chi connectivity index (χ0v) is 31.3. The molecule has 6 rings (SSSR count). The van der Waals surface area contributed by atoms with E-state index in [0.29, 0.717) is 60.8 Å². The van der Waals surface area contributed by atoms with Gasteiger partial charge < -0.3 is 23.7 Å². The van der Waals surface area contributed by atoms with Gasteiger partial charge in [-0.15, -0.1) is 0 Å². The minimum absolute atomic E-state index is 0.146. The number of carbonyl (C=O) groups is 1. The molecule has 0 bridgehead atoms. The van der Waals surface area contributed by atoms with Crippen LogP contribution in [0.1, 0.15) is 35.2 Å². The first kappa shape index (κ1) is 35.2. The molecule has 4 aromatic carbocycles. The third-order valence-electron chi connectivity index (χ3n) is 7.94.